The van der Waals surface area contributed by atoms with Crippen molar-refractivity contribution in [2.24, 2.45) is 0 Å². The van der Waals surface area contributed by atoms with Crippen LogP contribution in [0.1, 0.15) is 18.4 Å². The minimum Gasteiger partial charge on any atom is -0.497 e. The van der Waals surface area contributed by atoms with Crippen LogP contribution in [0, 0.1) is 0 Å². The van der Waals surface area contributed by atoms with Crippen LogP contribution >= 0.6 is 0 Å². The number of benzene rings is 1. The molecule has 19 heavy (non-hydrogen) atoms. The second-order valence-corrected chi connectivity index (χ2v) is 5.32. The summed E-state index contributed by atoms with van der Waals surface area (Å²) >= 11 is 0. The van der Waals surface area contributed by atoms with Gasteiger partial charge in [-0.15, -0.1) is 0 Å². The lowest BCUT2D eigenvalue weighted by molar-refractivity contribution is 0.415. The standard InChI is InChI=1S/C15H15N3O/c1-19-11-4-2-10(3-5-11)13-16-8-12-14(18-13)17-9-15(12)6-7-15/h2-5,8H,6-7,9H2,1H3,(H,16,17,18). The average Bonchev–Trinajstić information content (AvgIpc) is 3.17. The molecule has 0 atom stereocenters. The summed E-state index contributed by atoms with van der Waals surface area (Å²) in [4.78, 5) is 9.17. The minimum absolute atomic E-state index is 0.355. The first-order chi connectivity index (χ1) is 9.31. The summed E-state index contributed by atoms with van der Waals surface area (Å²) in [6, 6.07) is 7.84. The Morgan fingerprint density at radius 2 is 2.00 bits per heavy atom. The van der Waals surface area contributed by atoms with Crippen LogP contribution in [0.2, 0.25) is 0 Å². The third kappa shape index (κ3) is 1.59. The van der Waals surface area contributed by atoms with E-state index in [1.807, 2.05) is 30.5 Å². The Morgan fingerprint density at radius 1 is 1.21 bits per heavy atom. The first kappa shape index (κ1) is 10.8. The molecule has 4 rings (SSSR count). The predicted molar refractivity (Wildman–Crippen MR) is 73.4 cm³/mol. The Labute approximate surface area is 111 Å². The molecule has 4 nitrogen and oxygen atoms in total. The number of nitrogens with one attached hydrogen (secondary N) is 1. The van der Waals surface area contributed by atoms with Crippen LogP contribution in [0.5, 0.6) is 5.75 Å². The van der Waals surface area contributed by atoms with Gasteiger partial charge < -0.3 is 10.1 Å². The number of hydrogen-bond donors (Lipinski definition) is 1. The summed E-state index contributed by atoms with van der Waals surface area (Å²) in [6.07, 6.45) is 4.52. The largest absolute Gasteiger partial charge is 0.497 e. The number of hydrogen-bond acceptors (Lipinski definition) is 4. The molecule has 1 saturated carbocycles. The highest BCUT2D eigenvalue weighted by atomic mass is 16.5. The van der Waals surface area contributed by atoms with Gasteiger partial charge in [0.25, 0.3) is 0 Å². The molecule has 0 radical (unpaired) electrons. The Kier molecular flexibility index (Phi) is 2.10. The summed E-state index contributed by atoms with van der Waals surface area (Å²) in [5.41, 5.74) is 2.67. The second-order valence-electron chi connectivity index (χ2n) is 5.32. The fraction of sp³-hybridized carbons (Fsp3) is 0.333. The monoisotopic (exact) mass is 253 g/mol. The molecule has 1 spiro atoms. The number of fused-ring (bicyclic) bond motifs is 2. The van der Waals surface area contributed by atoms with Crippen LogP contribution in [0.15, 0.2) is 30.5 Å². The van der Waals surface area contributed by atoms with Crippen LogP contribution in [0.3, 0.4) is 0 Å². The van der Waals surface area contributed by atoms with Crippen LogP contribution < -0.4 is 10.1 Å². The van der Waals surface area contributed by atoms with E-state index in [2.05, 4.69) is 15.3 Å². The Balaban J connectivity index is 1.72. The van der Waals surface area contributed by atoms with Gasteiger partial charge in [-0.1, -0.05) is 0 Å². The van der Waals surface area contributed by atoms with E-state index in [-0.39, 0.29) is 0 Å². The maximum atomic E-state index is 5.16. The molecule has 1 aromatic carbocycles. The van der Waals surface area contributed by atoms with E-state index < -0.39 is 0 Å². The fourth-order valence-corrected chi connectivity index (χ4v) is 2.73. The predicted octanol–water partition coefficient (Wildman–Crippen LogP) is 2.61. The van der Waals surface area contributed by atoms with Crippen LogP contribution in [0.4, 0.5) is 5.82 Å². The van der Waals surface area contributed by atoms with Crippen molar-refractivity contribution < 1.29 is 4.74 Å². The molecule has 0 amide bonds. The Hall–Kier alpha value is -2.10. The van der Waals surface area contributed by atoms with Crippen LogP contribution in [-0.2, 0) is 5.41 Å². The van der Waals surface area contributed by atoms with Gasteiger partial charge in [0, 0.05) is 29.3 Å². The summed E-state index contributed by atoms with van der Waals surface area (Å²) in [5.74, 6) is 2.63. The maximum Gasteiger partial charge on any atom is 0.161 e. The minimum atomic E-state index is 0.355. The number of rotatable bonds is 2. The highest BCUT2D eigenvalue weighted by molar-refractivity contribution is 5.63. The fourth-order valence-electron chi connectivity index (χ4n) is 2.73. The van der Waals surface area contributed by atoms with Crippen molar-refractivity contribution in [3.63, 3.8) is 0 Å². The van der Waals surface area contributed by atoms with Gasteiger partial charge in [0.05, 0.1) is 7.11 Å². The van der Waals surface area contributed by atoms with E-state index in [0.717, 1.165) is 29.5 Å². The zero-order chi connectivity index (χ0) is 12.9. The lowest BCUT2D eigenvalue weighted by Crippen LogP contribution is -2.08. The van der Waals surface area contributed by atoms with Crippen molar-refractivity contribution in [2.75, 3.05) is 19.0 Å². The van der Waals surface area contributed by atoms with Crippen molar-refractivity contribution in [3.05, 3.63) is 36.0 Å². The van der Waals surface area contributed by atoms with Crippen molar-refractivity contribution in [1.29, 1.82) is 0 Å². The Bertz CT molecular complexity index is 632. The zero-order valence-electron chi connectivity index (χ0n) is 10.8. The molecule has 96 valence electrons. The molecule has 1 fully saturated rings. The lowest BCUT2D eigenvalue weighted by atomic mass is 10.0. The van der Waals surface area contributed by atoms with Gasteiger partial charge in [-0.2, -0.15) is 0 Å². The first-order valence-electron chi connectivity index (χ1n) is 6.57. The summed E-state index contributed by atoms with van der Waals surface area (Å²) in [6.45, 7) is 1.02. The smallest absolute Gasteiger partial charge is 0.161 e. The molecule has 0 bridgehead atoms. The van der Waals surface area contributed by atoms with E-state index in [4.69, 9.17) is 4.74 Å². The number of ether oxygens (including phenoxy) is 1. The van der Waals surface area contributed by atoms with Crippen molar-refractivity contribution in [3.8, 4) is 17.1 Å². The van der Waals surface area contributed by atoms with Gasteiger partial charge in [-0.25, -0.2) is 9.97 Å². The Morgan fingerprint density at radius 3 is 2.68 bits per heavy atom. The van der Waals surface area contributed by atoms with E-state index in [0.29, 0.717) is 5.41 Å². The summed E-state index contributed by atoms with van der Waals surface area (Å²) in [5, 5.41) is 3.41. The first-order valence-corrected chi connectivity index (χ1v) is 6.57. The molecule has 2 heterocycles. The van der Waals surface area contributed by atoms with Gasteiger partial charge in [-0.3, -0.25) is 0 Å². The molecule has 0 unspecified atom stereocenters. The molecule has 1 aromatic heterocycles. The molecule has 1 aliphatic heterocycles. The molecule has 4 heteroatoms. The van der Waals surface area contributed by atoms with Crippen molar-refractivity contribution in [1.82, 2.24) is 9.97 Å². The molecule has 1 N–H and O–H groups in total. The number of anilines is 1. The van der Waals surface area contributed by atoms with Crippen LogP contribution in [-0.4, -0.2) is 23.6 Å². The van der Waals surface area contributed by atoms with Gasteiger partial charge in [0.1, 0.15) is 11.6 Å². The lowest BCUT2D eigenvalue weighted by Gasteiger charge is -2.06. The molecule has 0 saturated heterocycles. The third-order valence-electron chi connectivity index (χ3n) is 4.16. The number of nitrogens with zero attached hydrogens (tertiary/aromatic N) is 2. The van der Waals surface area contributed by atoms with Gasteiger partial charge in [-0.05, 0) is 37.1 Å². The van der Waals surface area contributed by atoms with E-state index >= 15 is 0 Å². The average molecular weight is 253 g/mol. The van der Waals surface area contributed by atoms with Crippen LogP contribution in [0.25, 0.3) is 11.4 Å². The van der Waals surface area contributed by atoms with Gasteiger partial charge >= 0.3 is 0 Å². The highest BCUT2D eigenvalue weighted by Gasteiger charge is 2.49. The molecule has 2 aromatic rings. The van der Waals surface area contributed by atoms with Crippen molar-refractivity contribution >= 4 is 5.82 Å². The molecule has 2 aliphatic rings. The molecular weight excluding hydrogens is 238 g/mol. The second kappa shape index (κ2) is 3.70. The molecular formula is C15H15N3O. The zero-order valence-corrected chi connectivity index (χ0v) is 10.8. The van der Waals surface area contributed by atoms with E-state index in [1.54, 1.807) is 7.11 Å². The van der Waals surface area contributed by atoms with Gasteiger partial charge in [0.15, 0.2) is 5.82 Å². The highest BCUT2D eigenvalue weighted by Crippen LogP contribution is 2.53. The SMILES string of the molecule is COc1ccc(-c2ncc3c(n2)NCC32CC2)cc1. The summed E-state index contributed by atoms with van der Waals surface area (Å²) in [7, 11) is 1.67. The van der Waals surface area contributed by atoms with Gasteiger partial charge in [0.2, 0.25) is 0 Å². The van der Waals surface area contributed by atoms with Crippen molar-refractivity contribution in [2.45, 2.75) is 18.3 Å². The third-order valence-corrected chi connectivity index (χ3v) is 4.16. The number of methoxy groups -OCH3 is 1. The topological polar surface area (TPSA) is 47.0 Å². The van der Waals surface area contributed by atoms with E-state index in [1.165, 1.54) is 18.4 Å². The van der Waals surface area contributed by atoms with E-state index in [9.17, 15) is 0 Å². The molecule has 1 aliphatic carbocycles. The summed E-state index contributed by atoms with van der Waals surface area (Å²) < 4.78 is 5.16. The quantitative estimate of drug-likeness (QED) is 0.893. The maximum absolute atomic E-state index is 5.16. The number of aromatic nitrogens is 2. The normalized spacial score (nSPS) is 17.9.